The Morgan fingerprint density at radius 3 is 2.35 bits per heavy atom. The molecule has 3 heteroatoms. The summed E-state index contributed by atoms with van der Waals surface area (Å²) in [4.78, 5) is 0. The number of halogens is 1. The smallest absolute Gasteiger partial charge is 0.225 e. The zero-order valence-corrected chi connectivity index (χ0v) is 11.4. The average Bonchev–Trinajstić information content (AvgIpc) is 2.51. The fraction of sp³-hybridized carbons (Fsp3) is 0.857. The molecule has 98 valence electrons. The Hall–Kier alpha value is -0.590. The third-order valence-electron chi connectivity index (χ3n) is 3.27. The first-order chi connectivity index (χ1) is 7.86. The van der Waals surface area contributed by atoms with Gasteiger partial charge < -0.3 is 9.47 Å². The van der Waals surface area contributed by atoms with Gasteiger partial charge in [0.25, 0.3) is 0 Å². The molecule has 1 fully saturated rings. The average molecular weight is 242 g/mol. The molecule has 0 N–H and O–H groups in total. The van der Waals surface area contributed by atoms with Gasteiger partial charge in [0.2, 0.25) is 5.67 Å². The van der Waals surface area contributed by atoms with E-state index < -0.39 is 17.9 Å². The number of rotatable bonds is 4. The van der Waals surface area contributed by atoms with Crippen molar-refractivity contribution in [3.8, 4) is 12.3 Å². The summed E-state index contributed by atoms with van der Waals surface area (Å²) in [7, 11) is 1.50. The van der Waals surface area contributed by atoms with Crippen molar-refractivity contribution in [2.45, 2.75) is 58.1 Å². The minimum absolute atomic E-state index is 0.0332. The molecule has 0 aromatic heterocycles. The van der Waals surface area contributed by atoms with Gasteiger partial charge >= 0.3 is 0 Å². The highest BCUT2D eigenvalue weighted by molar-refractivity contribution is 5.21. The minimum Gasteiger partial charge on any atom is -0.374 e. The Morgan fingerprint density at radius 2 is 2.00 bits per heavy atom. The standard InChI is InChI=1S/C14H23FO2/c1-7-14(15)12(10(4)5)17-11(8-9(2)3)13(14)16-6/h1,9-13H,8H2,2-6H3/t11-,12+,13-,14+/m1/s1. The summed E-state index contributed by atoms with van der Waals surface area (Å²) >= 11 is 0. The normalized spacial score (nSPS) is 37.7. The van der Waals surface area contributed by atoms with Gasteiger partial charge in [0.1, 0.15) is 12.2 Å². The Kier molecular flexibility index (Phi) is 4.57. The molecule has 1 saturated heterocycles. The van der Waals surface area contributed by atoms with Gasteiger partial charge in [-0.2, -0.15) is 0 Å². The predicted molar refractivity (Wildman–Crippen MR) is 66.4 cm³/mol. The lowest BCUT2D eigenvalue weighted by atomic mass is 9.86. The number of terminal acetylenes is 1. The molecule has 0 unspecified atom stereocenters. The highest BCUT2D eigenvalue weighted by atomic mass is 19.1. The van der Waals surface area contributed by atoms with Gasteiger partial charge in [0, 0.05) is 7.11 Å². The van der Waals surface area contributed by atoms with Crippen molar-refractivity contribution in [1.82, 2.24) is 0 Å². The Bertz CT molecular complexity index is 295. The number of hydrogen-bond acceptors (Lipinski definition) is 2. The van der Waals surface area contributed by atoms with E-state index in [1.165, 1.54) is 7.11 Å². The van der Waals surface area contributed by atoms with E-state index in [-0.39, 0.29) is 12.0 Å². The topological polar surface area (TPSA) is 18.5 Å². The molecule has 0 saturated carbocycles. The number of ether oxygens (including phenoxy) is 2. The second-order valence-electron chi connectivity index (χ2n) is 5.54. The summed E-state index contributed by atoms with van der Waals surface area (Å²) in [6.07, 6.45) is 4.63. The zero-order valence-electron chi connectivity index (χ0n) is 11.4. The Morgan fingerprint density at radius 1 is 1.41 bits per heavy atom. The van der Waals surface area contributed by atoms with Crippen molar-refractivity contribution in [3.05, 3.63) is 0 Å². The number of hydrogen-bond donors (Lipinski definition) is 0. The highest BCUT2D eigenvalue weighted by Crippen LogP contribution is 2.41. The third-order valence-corrected chi connectivity index (χ3v) is 3.27. The van der Waals surface area contributed by atoms with Crippen LogP contribution >= 0.6 is 0 Å². The van der Waals surface area contributed by atoms with Crippen molar-refractivity contribution in [3.63, 3.8) is 0 Å². The first-order valence-corrected chi connectivity index (χ1v) is 6.21. The molecular formula is C14H23FO2. The first kappa shape index (κ1) is 14.5. The summed E-state index contributed by atoms with van der Waals surface area (Å²) in [5.41, 5.74) is -1.82. The zero-order chi connectivity index (χ0) is 13.2. The molecular weight excluding hydrogens is 219 g/mol. The van der Waals surface area contributed by atoms with E-state index in [1.807, 2.05) is 13.8 Å². The minimum atomic E-state index is -1.82. The maximum absolute atomic E-state index is 14.8. The molecule has 1 heterocycles. The lowest BCUT2D eigenvalue weighted by Gasteiger charge is -2.27. The molecule has 0 aromatic rings. The van der Waals surface area contributed by atoms with Crippen LogP contribution in [0, 0.1) is 24.2 Å². The van der Waals surface area contributed by atoms with Crippen molar-refractivity contribution in [2.24, 2.45) is 11.8 Å². The van der Waals surface area contributed by atoms with Crippen LogP contribution in [0.1, 0.15) is 34.1 Å². The third kappa shape index (κ3) is 2.64. The summed E-state index contributed by atoms with van der Waals surface area (Å²) in [6.45, 7) is 7.99. The number of methoxy groups -OCH3 is 1. The summed E-state index contributed by atoms with van der Waals surface area (Å²) in [5.74, 6) is 2.71. The largest absolute Gasteiger partial charge is 0.374 e. The Labute approximate surface area is 104 Å². The summed E-state index contributed by atoms with van der Waals surface area (Å²) in [5, 5.41) is 0. The SMILES string of the molecule is C#C[C@@]1(F)[C@H](OC)[C@@H](CC(C)C)O[C@H]1C(C)C. The second kappa shape index (κ2) is 5.37. The maximum atomic E-state index is 14.8. The fourth-order valence-electron chi connectivity index (χ4n) is 2.56. The van der Waals surface area contributed by atoms with Crippen molar-refractivity contribution >= 4 is 0 Å². The maximum Gasteiger partial charge on any atom is 0.225 e. The van der Waals surface area contributed by atoms with E-state index in [0.29, 0.717) is 5.92 Å². The molecule has 0 aliphatic carbocycles. The van der Waals surface area contributed by atoms with Gasteiger partial charge in [-0.05, 0) is 18.3 Å². The predicted octanol–water partition coefficient (Wildman–Crippen LogP) is 2.81. The molecule has 1 aliphatic rings. The summed E-state index contributed by atoms with van der Waals surface area (Å²) in [6, 6.07) is 0. The van der Waals surface area contributed by atoms with Crippen molar-refractivity contribution in [1.29, 1.82) is 0 Å². The molecule has 0 bridgehead atoms. The molecule has 1 aliphatic heterocycles. The monoisotopic (exact) mass is 242 g/mol. The van der Waals surface area contributed by atoms with Crippen molar-refractivity contribution < 1.29 is 13.9 Å². The molecule has 1 rings (SSSR count). The molecule has 4 atom stereocenters. The second-order valence-corrected chi connectivity index (χ2v) is 5.54. The summed E-state index contributed by atoms with van der Waals surface area (Å²) < 4.78 is 25.9. The molecule has 17 heavy (non-hydrogen) atoms. The van der Waals surface area contributed by atoms with Gasteiger partial charge in [0.15, 0.2) is 0 Å². The van der Waals surface area contributed by atoms with E-state index in [4.69, 9.17) is 15.9 Å². The van der Waals surface area contributed by atoms with Crippen LogP contribution in [0.4, 0.5) is 4.39 Å². The van der Waals surface area contributed by atoms with Crippen LogP contribution in [0.3, 0.4) is 0 Å². The molecule has 0 aromatic carbocycles. The van der Waals surface area contributed by atoms with Crippen LogP contribution in [0.5, 0.6) is 0 Å². The van der Waals surface area contributed by atoms with Crippen LogP contribution < -0.4 is 0 Å². The molecule has 0 radical (unpaired) electrons. The van der Waals surface area contributed by atoms with Crippen LogP contribution in [0.15, 0.2) is 0 Å². The van der Waals surface area contributed by atoms with E-state index >= 15 is 0 Å². The lowest BCUT2D eigenvalue weighted by Crippen LogP contribution is -2.46. The van der Waals surface area contributed by atoms with Gasteiger partial charge in [-0.25, -0.2) is 4.39 Å². The van der Waals surface area contributed by atoms with Gasteiger partial charge in [-0.15, -0.1) is 6.42 Å². The van der Waals surface area contributed by atoms with E-state index in [0.717, 1.165) is 6.42 Å². The van der Waals surface area contributed by atoms with Crippen LogP contribution in [0.2, 0.25) is 0 Å². The van der Waals surface area contributed by atoms with Gasteiger partial charge in [0.05, 0.1) is 6.10 Å². The molecule has 2 nitrogen and oxygen atoms in total. The van der Waals surface area contributed by atoms with E-state index in [1.54, 1.807) is 0 Å². The van der Waals surface area contributed by atoms with E-state index in [2.05, 4.69) is 19.8 Å². The van der Waals surface area contributed by atoms with Crippen LogP contribution in [0.25, 0.3) is 0 Å². The number of alkyl halides is 1. The van der Waals surface area contributed by atoms with Crippen LogP contribution in [-0.4, -0.2) is 31.1 Å². The highest BCUT2D eigenvalue weighted by Gasteiger charge is 2.58. The van der Waals surface area contributed by atoms with Gasteiger partial charge in [-0.3, -0.25) is 0 Å². The first-order valence-electron chi connectivity index (χ1n) is 6.21. The molecule has 0 amide bonds. The lowest BCUT2D eigenvalue weighted by molar-refractivity contribution is -0.0266. The molecule has 0 spiro atoms. The van der Waals surface area contributed by atoms with Crippen molar-refractivity contribution in [2.75, 3.05) is 7.11 Å². The van der Waals surface area contributed by atoms with E-state index in [9.17, 15) is 4.39 Å². The Balaban J connectivity index is 2.97. The fourth-order valence-corrected chi connectivity index (χ4v) is 2.56. The van der Waals surface area contributed by atoms with Gasteiger partial charge in [-0.1, -0.05) is 33.6 Å². The quantitative estimate of drug-likeness (QED) is 0.706. The van der Waals surface area contributed by atoms with Crippen LogP contribution in [-0.2, 0) is 9.47 Å².